The smallest absolute Gasteiger partial charge is 0.224 e. The SMILES string of the molecule is CCC(=O)Nc1cccc2c1=CC1=C3CCCCC3CNC=21. The van der Waals surface area contributed by atoms with Crippen LogP contribution < -0.4 is 21.1 Å². The third-order valence-corrected chi connectivity index (χ3v) is 5.14. The molecule has 22 heavy (non-hydrogen) atoms. The van der Waals surface area contributed by atoms with Gasteiger partial charge in [0.1, 0.15) is 0 Å². The first-order valence-electron chi connectivity index (χ1n) is 8.40. The quantitative estimate of drug-likeness (QED) is 0.876. The molecule has 4 rings (SSSR count). The molecule has 2 aliphatic carbocycles. The fraction of sp³-hybridized carbons (Fsp3) is 0.421. The minimum atomic E-state index is 0.0721. The van der Waals surface area contributed by atoms with Crippen molar-refractivity contribution in [1.82, 2.24) is 5.32 Å². The van der Waals surface area contributed by atoms with Gasteiger partial charge in [-0.05, 0) is 42.9 Å². The molecular weight excluding hydrogens is 272 g/mol. The highest BCUT2D eigenvalue weighted by Gasteiger charge is 2.29. The number of amides is 1. The number of hydrogen-bond donors (Lipinski definition) is 2. The van der Waals surface area contributed by atoms with Gasteiger partial charge in [-0.25, -0.2) is 0 Å². The van der Waals surface area contributed by atoms with Crippen LogP contribution in [0.15, 0.2) is 29.3 Å². The van der Waals surface area contributed by atoms with Gasteiger partial charge in [0.2, 0.25) is 5.91 Å². The number of fused-ring (bicyclic) bond motifs is 3. The Hall–Kier alpha value is -2.03. The Kier molecular flexibility index (Phi) is 3.29. The molecule has 3 heteroatoms. The Morgan fingerprint density at radius 3 is 3.14 bits per heavy atom. The second kappa shape index (κ2) is 5.31. The van der Waals surface area contributed by atoms with Crippen molar-refractivity contribution in [2.24, 2.45) is 5.92 Å². The topological polar surface area (TPSA) is 41.1 Å². The van der Waals surface area contributed by atoms with Gasteiger partial charge in [-0.3, -0.25) is 4.79 Å². The van der Waals surface area contributed by atoms with Crippen LogP contribution >= 0.6 is 0 Å². The van der Waals surface area contributed by atoms with E-state index in [2.05, 4.69) is 22.8 Å². The van der Waals surface area contributed by atoms with Crippen LogP contribution in [0.2, 0.25) is 0 Å². The largest absolute Gasteiger partial charge is 0.383 e. The van der Waals surface area contributed by atoms with Gasteiger partial charge >= 0.3 is 0 Å². The normalized spacial score (nSPS) is 22.2. The number of carbonyl (C=O) groups is 1. The van der Waals surface area contributed by atoms with Crippen LogP contribution in [0.25, 0.3) is 11.8 Å². The fourth-order valence-corrected chi connectivity index (χ4v) is 3.98. The summed E-state index contributed by atoms with van der Waals surface area (Å²) in [6.45, 7) is 2.95. The van der Waals surface area contributed by atoms with Crippen molar-refractivity contribution in [3.8, 4) is 0 Å². The second-order valence-corrected chi connectivity index (χ2v) is 6.45. The summed E-state index contributed by atoms with van der Waals surface area (Å²) in [5.74, 6) is 0.773. The van der Waals surface area contributed by atoms with Crippen molar-refractivity contribution in [2.45, 2.75) is 39.0 Å². The van der Waals surface area contributed by atoms with E-state index in [4.69, 9.17) is 0 Å². The van der Waals surface area contributed by atoms with Crippen LogP contribution in [0.4, 0.5) is 5.69 Å². The second-order valence-electron chi connectivity index (χ2n) is 6.45. The molecule has 1 unspecified atom stereocenters. The summed E-state index contributed by atoms with van der Waals surface area (Å²) in [4.78, 5) is 11.8. The molecule has 0 radical (unpaired) electrons. The van der Waals surface area contributed by atoms with Crippen molar-refractivity contribution >= 4 is 23.4 Å². The molecule has 2 N–H and O–H groups in total. The van der Waals surface area contributed by atoms with E-state index in [1.807, 2.05) is 19.1 Å². The Morgan fingerprint density at radius 2 is 2.27 bits per heavy atom. The number of anilines is 1. The molecule has 1 aromatic carbocycles. The van der Waals surface area contributed by atoms with Crippen molar-refractivity contribution < 1.29 is 4.79 Å². The van der Waals surface area contributed by atoms with Crippen LogP contribution in [-0.4, -0.2) is 12.5 Å². The van der Waals surface area contributed by atoms with Crippen molar-refractivity contribution in [3.05, 3.63) is 39.8 Å². The zero-order valence-corrected chi connectivity index (χ0v) is 13.0. The van der Waals surface area contributed by atoms with Crippen LogP contribution in [0.1, 0.15) is 39.0 Å². The maximum atomic E-state index is 11.8. The van der Waals surface area contributed by atoms with E-state index < -0.39 is 0 Å². The van der Waals surface area contributed by atoms with E-state index in [-0.39, 0.29) is 5.91 Å². The first kappa shape index (κ1) is 13.6. The zero-order valence-electron chi connectivity index (χ0n) is 13.0. The Labute approximate surface area is 130 Å². The van der Waals surface area contributed by atoms with E-state index >= 15 is 0 Å². The lowest BCUT2D eigenvalue weighted by molar-refractivity contribution is -0.115. The van der Waals surface area contributed by atoms with Crippen LogP contribution in [0.5, 0.6) is 0 Å². The van der Waals surface area contributed by atoms with Crippen LogP contribution in [0, 0.1) is 5.92 Å². The molecule has 0 aromatic heterocycles. The maximum Gasteiger partial charge on any atom is 0.224 e. The van der Waals surface area contributed by atoms with Gasteiger partial charge in [0.25, 0.3) is 0 Å². The number of benzene rings is 1. The van der Waals surface area contributed by atoms with Gasteiger partial charge < -0.3 is 10.6 Å². The molecule has 0 bridgehead atoms. The first-order chi connectivity index (χ1) is 10.8. The molecule has 1 fully saturated rings. The minimum absolute atomic E-state index is 0.0721. The van der Waals surface area contributed by atoms with E-state index in [1.165, 1.54) is 47.4 Å². The average Bonchev–Trinajstić information content (AvgIpc) is 2.95. The van der Waals surface area contributed by atoms with E-state index in [1.54, 1.807) is 5.57 Å². The van der Waals surface area contributed by atoms with Crippen LogP contribution in [0.3, 0.4) is 0 Å². The summed E-state index contributed by atoms with van der Waals surface area (Å²) >= 11 is 0. The molecule has 1 aliphatic heterocycles. The lowest BCUT2D eigenvalue weighted by atomic mass is 9.79. The molecular formula is C19H22N2O. The monoisotopic (exact) mass is 294 g/mol. The summed E-state index contributed by atoms with van der Waals surface area (Å²) in [5, 5.41) is 9.09. The van der Waals surface area contributed by atoms with Crippen LogP contribution in [-0.2, 0) is 4.79 Å². The number of nitrogens with one attached hydrogen (secondary N) is 2. The highest BCUT2D eigenvalue weighted by molar-refractivity contribution is 5.93. The Morgan fingerprint density at radius 1 is 1.36 bits per heavy atom. The third-order valence-electron chi connectivity index (χ3n) is 5.14. The van der Waals surface area contributed by atoms with Gasteiger partial charge in [0.05, 0.1) is 0 Å². The summed E-state index contributed by atoms with van der Waals surface area (Å²) in [6, 6.07) is 6.20. The maximum absolute atomic E-state index is 11.8. The predicted molar refractivity (Wildman–Crippen MR) is 89.5 cm³/mol. The number of rotatable bonds is 2. The molecule has 1 aromatic rings. The third kappa shape index (κ3) is 2.07. The van der Waals surface area contributed by atoms with Gasteiger partial charge in [0, 0.05) is 34.8 Å². The Balaban J connectivity index is 1.88. The van der Waals surface area contributed by atoms with Gasteiger partial charge in [0.15, 0.2) is 0 Å². The summed E-state index contributed by atoms with van der Waals surface area (Å²) in [6.07, 6.45) is 7.99. The lowest BCUT2D eigenvalue weighted by Gasteiger charge is -2.33. The highest BCUT2D eigenvalue weighted by atomic mass is 16.1. The number of hydrogen-bond acceptors (Lipinski definition) is 2. The number of carbonyl (C=O) groups excluding carboxylic acids is 1. The molecule has 1 amide bonds. The fourth-order valence-electron chi connectivity index (χ4n) is 3.98. The van der Waals surface area contributed by atoms with Gasteiger partial charge in [-0.1, -0.05) is 31.1 Å². The highest BCUT2D eigenvalue weighted by Crippen LogP contribution is 2.37. The van der Waals surface area contributed by atoms with Gasteiger partial charge in [-0.2, -0.15) is 0 Å². The van der Waals surface area contributed by atoms with Crippen molar-refractivity contribution in [3.63, 3.8) is 0 Å². The lowest BCUT2D eigenvalue weighted by Crippen LogP contribution is -2.35. The van der Waals surface area contributed by atoms with Crippen molar-refractivity contribution in [1.29, 1.82) is 0 Å². The Bertz CT molecular complexity index is 788. The van der Waals surface area contributed by atoms with E-state index in [9.17, 15) is 4.79 Å². The zero-order chi connectivity index (χ0) is 15.1. The predicted octanol–water partition coefficient (Wildman–Crippen LogP) is 2.03. The molecule has 1 saturated carbocycles. The van der Waals surface area contributed by atoms with Crippen molar-refractivity contribution in [2.75, 3.05) is 11.9 Å². The molecule has 114 valence electrons. The van der Waals surface area contributed by atoms with Gasteiger partial charge in [-0.15, -0.1) is 0 Å². The van der Waals surface area contributed by atoms with E-state index in [0.29, 0.717) is 12.3 Å². The molecule has 3 aliphatic rings. The molecule has 1 heterocycles. The standard InChI is InChI=1S/C19H22N2O/c1-2-18(22)21-17-9-5-8-14-15(17)10-16-13-7-4-3-6-12(13)11-20-19(14)16/h5,8-10,12,20H,2-4,6-7,11H2,1H3,(H,21,22). The molecule has 1 atom stereocenters. The molecule has 3 nitrogen and oxygen atoms in total. The van der Waals surface area contributed by atoms with E-state index in [0.717, 1.165) is 12.2 Å². The minimum Gasteiger partial charge on any atom is -0.383 e. The first-order valence-corrected chi connectivity index (χ1v) is 8.40. The summed E-state index contributed by atoms with van der Waals surface area (Å²) in [5.41, 5.74) is 5.23. The summed E-state index contributed by atoms with van der Waals surface area (Å²) < 4.78 is 0. The average molecular weight is 294 g/mol. The molecule has 0 saturated heterocycles. The summed E-state index contributed by atoms with van der Waals surface area (Å²) in [7, 11) is 0. The molecule has 0 spiro atoms.